The first-order valence-corrected chi connectivity index (χ1v) is 19.7. The van der Waals surface area contributed by atoms with E-state index in [1.165, 1.54) is 0 Å². The molecule has 0 aromatic heterocycles. The molecule has 4 fully saturated rings. The Kier molecular flexibility index (Phi) is 8.50. The van der Waals surface area contributed by atoms with E-state index in [4.69, 9.17) is 22.9 Å². The van der Waals surface area contributed by atoms with E-state index in [1.807, 2.05) is 29.2 Å². The van der Waals surface area contributed by atoms with Gasteiger partial charge in [-0.2, -0.15) is 0 Å². The van der Waals surface area contributed by atoms with Crippen molar-refractivity contribution < 1.29 is 23.9 Å². The maximum absolute atomic E-state index is 13.8. The Bertz CT molecular complexity index is 2310. The number of amides is 4. The van der Waals surface area contributed by atoms with E-state index in [-0.39, 0.29) is 53.0 Å². The van der Waals surface area contributed by atoms with Crippen molar-refractivity contribution in [2.24, 2.45) is 16.7 Å². The number of halogens is 1. The van der Waals surface area contributed by atoms with Gasteiger partial charge in [0.25, 0.3) is 11.8 Å². The van der Waals surface area contributed by atoms with Gasteiger partial charge >= 0.3 is 0 Å². The molecule has 9 rings (SSSR count). The molecule has 286 valence electrons. The Labute approximate surface area is 331 Å². The molecule has 4 amide bonds. The summed E-state index contributed by atoms with van der Waals surface area (Å²) in [5, 5.41) is 2.73. The molecule has 3 saturated heterocycles. The van der Waals surface area contributed by atoms with Crippen molar-refractivity contribution in [2.45, 2.75) is 77.9 Å². The highest BCUT2D eigenvalue weighted by atomic mass is 35.5. The third-order valence-electron chi connectivity index (χ3n) is 12.9. The van der Waals surface area contributed by atoms with Crippen LogP contribution in [-0.4, -0.2) is 88.7 Å². The average molecular weight is 771 g/mol. The molecule has 1 N–H and O–H groups in total. The van der Waals surface area contributed by atoms with E-state index in [0.717, 1.165) is 54.1 Å². The summed E-state index contributed by atoms with van der Waals surface area (Å²) in [4.78, 5) is 62.9. The monoisotopic (exact) mass is 770 g/mol. The third kappa shape index (κ3) is 5.83. The highest BCUT2D eigenvalue weighted by Crippen LogP contribution is 2.59. The zero-order valence-electron chi connectivity index (χ0n) is 31.9. The Morgan fingerprint density at radius 2 is 1.59 bits per heavy atom. The molecular formula is C44H43ClN6O5. The minimum atomic E-state index is -0.610. The third-order valence-corrected chi connectivity index (χ3v) is 13.2. The average Bonchev–Trinajstić information content (AvgIpc) is 3.61. The van der Waals surface area contributed by atoms with E-state index in [2.05, 4.69) is 71.6 Å². The van der Waals surface area contributed by atoms with Gasteiger partial charge in [0.2, 0.25) is 17.5 Å². The first-order chi connectivity index (χ1) is 26.7. The minimum absolute atomic E-state index is 0.0402. The fourth-order valence-corrected chi connectivity index (χ4v) is 10.6. The summed E-state index contributed by atoms with van der Waals surface area (Å²) in [6.07, 6.45) is 0.435. The first kappa shape index (κ1) is 36.3. The molecule has 1 saturated carbocycles. The molecule has 0 radical (unpaired) electrons. The maximum atomic E-state index is 13.8. The molecule has 6 aliphatic rings. The zero-order valence-corrected chi connectivity index (χ0v) is 32.7. The van der Waals surface area contributed by atoms with Crippen molar-refractivity contribution in [1.82, 2.24) is 20.0 Å². The molecule has 3 aromatic rings. The number of nitrogens with one attached hydrogen (secondary N) is 1. The van der Waals surface area contributed by atoms with Crippen LogP contribution >= 0.6 is 11.6 Å². The van der Waals surface area contributed by atoms with Crippen LogP contribution < -0.4 is 15.0 Å². The molecule has 5 aliphatic heterocycles. The van der Waals surface area contributed by atoms with Gasteiger partial charge in [-0.15, -0.1) is 0 Å². The Morgan fingerprint density at radius 3 is 2.30 bits per heavy atom. The van der Waals surface area contributed by atoms with Gasteiger partial charge in [-0.25, -0.2) is 4.85 Å². The van der Waals surface area contributed by atoms with Gasteiger partial charge in [0.15, 0.2) is 0 Å². The number of likely N-dealkylation sites (tertiary alicyclic amines) is 1. The number of hydrogen-bond acceptors (Lipinski definition) is 7. The van der Waals surface area contributed by atoms with Gasteiger partial charge in [-0.1, -0.05) is 63.3 Å². The van der Waals surface area contributed by atoms with Crippen molar-refractivity contribution in [3.63, 3.8) is 0 Å². The van der Waals surface area contributed by atoms with E-state index < -0.39 is 11.9 Å². The number of imide groups is 1. The van der Waals surface area contributed by atoms with E-state index >= 15 is 0 Å². The quantitative estimate of drug-likeness (QED) is 0.196. The fourth-order valence-electron chi connectivity index (χ4n) is 10.4. The SMILES string of the molecule is [C-]#[N+]c1ccc(OC2C(C)(C)C(N3Cc4cc(C#CC5CN(C6CN(c7ccc8c(c7)C(=O)N(C7CCC(=O)NC7=O)C8)C6)C5)ccc4C3=O)C2(C)C)cc1Cl. The summed E-state index contributed by atoms with van der Waals surface area (Å²) in [5.74, 6) is 6.97. The van der Waals surface area contributed by atoms with Crippen LogP contribution in [0.2, 0.25) is 5.02 Å². The van der Waals surface area contributed by atoms with Crippen LogP contribution in [0.5, 0.6) is 5.75 Å². The second-order valence-electron chi connectivity index (χ2n) is 17.3. The van der Waals surface area contributed by atoms with Crippen LogP contribution in [0.3, 0.4) is 0 Å². The molecular weight excluding hydrogens is 728 g/mol. The number of carbonyl (C=O) groups excluding carboxylic acids is 4. The summed E-state index contributed by atoms with van der Waals surface area (Å²) < 4.78 is 6.48. The molecule has 0 spiro atoms. The number of rotatable bonds is 6. The van der Waals surface area contributed by atoms with Crippen molar-refractivity contribution in [3.05, 3.63) is 98.9 Å². The summed E-state index contributed by atoms with van der Waals surface area (Å²) in [6, 6.07) is 16.9. The lowest BCUT2D eigenvalue weighted by molar-refractivity contribution is -0.199. The summed E-state index contributed by atoms with van der Waals surface area (Å²) >= 11 is 6.29. The molecule has 5 heterocycles. The van der Waals surface area contributed by atoms with Gasteiger partial charge in [0.1, 0.15) is 17.9 Å². The number of ether oxygens (including phenoxy) is 1. The highest BCUT2D eigenvalue weighted by Gasteiger charge is 2.67. The number of nitrogens with zero attached hydrogens (tertiary/aromatic N) is 5. The van der Waals surface area contributed by atoms with Gasteiger partial charge in [0, 0.05) is 96.9 Å². The predicted octanol–water partition coefficient (Wildman–Crippen LogP) is 5.66. The second kappa shape index (κ2) is 13.1. The Hall–Kier alpha value is -5.36. The summed E-state index contributed by atoms with van der Waals surface area (Å²) in [6.45, 7) is 20.4. The molecule has 3 aromatic carbocycles. The molecule has 1 unspecified atom stereocenters. The smallest absolute Gasteiger partial charge is 0.255 e. The highest BCUT2D eigenvalue weighted by molar-refractivity contribution is 6.33. The van der Waals surface area contributed by atoms with Crippen LogP contribution in [0.1, 0.15) is 77.9 Å². The van der Waals surface area contributed by atoms with Crippen molar-refractivity contribution in [3.8, 4) is 17.6 Å². The number of carbonyl (C=O) groups is 4. The minimum Gasteiger partial charge on any atom is -0.489 e. The summed E-state index contributed by atoms with van der Waals surface area (Å²) in [7, 11) is 0. The van der Waals surface area contributed by atoms with Crippen molar-refractivity contribution in [2.75, 3.05) is 31.1 Å². The number of piperidine rings is 1. The van der Waals surface area contributed by atoms with Crippen LogP contribution in [0.15, 0.2) is 54.6 Å². The first-order valence-electron chi connectivity index (χ1n) is 19.3. The Balaban J connectivity index is 0.777. The van der Waals surface area contributed by atoms with Gasteiger partial charge < -0.3 is 19.4 Å². The predicted molar refractivity (Wildman–Crippen MR) is 210 cm³/mol. The van der Waals surface area contributed by atoms with E-state index in [1.54, 1.807) is 23.1 Å². The van der Waals surface area contributed by atoms with E-state index in [9.17, 15) is 19.2 Å². The Morgan fingerprint density at radius 1 is 0.857 bits per heavy atom. The zero-order chi connectivity index (χ0) is 39.3. The van der Waals surface area contributed by atoms with Gasteiger partial charge in [0.05, 0.1) is 11.6 Å². The molecule has 1 atom stereocenters. The van der Waals surface area contributed by atoms with Crippen molar-refractivity contribution >= 4 is 46.6 Å². The topological polar surface area (TPSA) is 107 Å². The lowest BCUT2D eigenvalue weighted by atomic mass is 9.49. The van der Waals surface area contributed by atoms with Crippen LogP contribution in [0, 0.1) is 35.2 Å². The van der Waals surface area contributed by atoms with Crippen LogP contribution in [-0.2, 0) is 22.7 Å². The fraction of sp³-hybridized carbons (Fsp3) is 0.432. The molecule has 0 bridgehead atoms. The largest absolute Gasteiger partial charge is 0.489 e. The summed E-state index contributed by atoms with van der Waals surface area (Å²) in [5.41, 5.74) is 4.95. The number of hydrogen-bond donors (Lipinski definition) is 1. The lowest BCUT2D eigenvalue weighted by Crippen LogP contribution is -2.74. The number of anilines is 1. The molecule has 12 heteroatoms. The maximum Gasteiger partial charge on any atom is 0.255 e. The molecule has 11 nitrogen and oxygen atoms in total. The van der Waals surface area contributed by atoms with Crippen LogP contribution in [0.4, 0.5) is 11.4 Å². The van der Waals surface area contributed by atoms with Gasteiger partial charge in [-0.05, 0) is 60.0 Å². The standard InChI is InChI=1S/C44H43ClN6O5/c1-43(2)41(44(3,4)42(43)56-31-11-13-35(46-5)34(45)18-31)51-22-28-16-25(8-12-32(28)39(51)54)6-7-26-19-48(20-26)30-23-49(24-30)29-10-9-27-21-50(40(55)33(27)17-29)36-14-15-37(52)47-38(36)53/h8-13,16-18,26,30,36,41-42H,14-15,19-24H2,1-4H3,(H,47,52,53). The van der Waals surface area contributed by atoms with Crippen LogP contribution in [0.25, 0.3) is 4.85 Å². The molecule has 56 heavy (non-hydrogen) atoms. The van der Waals surface area contributed by atoms with Gasteiger partial charge in [-0.3, -0.25) is 29.4 Å². The lowest BCUT2D eigenvalue weighted by Gasteiger charge is -2.65. The number of benzene rings is 3. The normalized spacial score (nSPS) is 25.3. The van der Waals surface area contributed by atoms with E-state index in [0.29, 0.717) is 47.6 Å². The molecule has 1 aliphatic carbocycles. The van der Waals surface area contributed by atoms with Crippen molar-refractivity contribution in [1.29, 1.82) is 0 Å². The number of fused-ring (bicyclic) bond motifs is 2. The second-order valence-corrected chi connectivity index (χ2v) is 17.7.